The number of alkyl halides is 2. The van der Waals surface area contributed by atoms with Crippen LogP contribution in [0, 0.1) is 10.1 Å². The Bertz CT molecular complexity index is 1400. The van der Waals surface area contributed by atoms with Gasteiger partial charge >= 0.3 is 29.6 Å². The molecule has 16 nitrogen and oxygen atoms in total. The highest BCUT2D eigenvalue weighted by atomic mass is 19.3. The Labute approximate surface area is 229 Å². The minimum atomic E-state index is -3.95. The number of esters is 2. The van der Waals surface area contributed by atoms with Crippen molar-refractivity contribution < 1.29 is 56.5 Å². The molecule has 3 unspecified atom stereocenters. The summed E-state index contributed by atoms with van der Waals surface area (Å²) in [5.41, 5.74) is -1.76. The molecule has 1 aromatic heterocycles. The van der Waals surface area contributed by atoms with Gasteiger partial charge in [-0.1, -0.05) is 0 Å². The molecule has 222 valence electrons. The molecule has 0 aliphatic carbocycles. The Balaban J connectivity index is 1.75. The van der Waals surface area contributed by atoms with Crippen LogP contribution in [0.5, 0.6) is 11.5 Å². The minimum Gasteiger partial charge on any atom is -0.493 e. The summed E-state index contributed by atoms with van der Waals surface area (Å²) in [4.78, 5) is 61.6. The third-order valence-corrected chi connectivity index (χ3v) is 5.55. The zero-order chi connectivity index (χ0) is 30.5. The summed E-state index contributed by atoms with van der Waals surface area (Å²) < 4.78 is 60.4. The van der Waals surface area contributed by atoms with E-state index in [0.717, 1.165) is 32.2 Å². The van der Waals surface area contributed by atoms with Gasteiger partial charge in [-0.25, -0.2) is 9.59 Å². The molecule has 1 N–H and O–H groups in total. The molecule has 2 aromatic rings. The number of methoxy groups -OCH3 is 2. The Morgan fingerprint density at radius 2 is 1.80 bits per heavy atom. The number of carbonyl (C=O) groups is 3. The van der Waals surface area contributed by atoms with Crippen molar-refractivity contribution in [1.29, 1.82) is 0 Å². The zero-order valence-corrected chi connectivity index (χ0v) is 22.0. The van der Waals surface area contributed by atoms with Gasteiger partial charge < -0.3 is 28.4 Å². The van der Waals surface area contributed by atoms with Crippen LogP contribution in [0.4, 0.5) is 25.1 Å². The van der Waals surface area contributed by atoms with E-state index in [4.69, 9.17) is 23.7 Å². The van der Waals surface area contributed by atoms with Gasteiger partial charge in [0.05, 0.1) is 30.8 Å². The number of nitrogens with zero attached hydrogens (tertiary/aromatic N) is 3. The molecule has 0 saturated carbocycles. The van der Waals surface area contributed by atoms with E-state index in [2.05, 4.69) is 15.0 Å². The first kappa shape index (κ1) is 30.7. The summed E-state index contributed by atoms with van der Waals surface area (Å²) in [6.07, 6.45) is -6.45. The van der Waals surface area contributed by atoms with Crippen molar-refractivity contribution in [3.63, 3.8) is 0 Å². The number of benzene rings is 1. The van der Waals surface area contributed by atoms with E-state index < -0.39 is 77.7 Å². The predicted molar refractivity (Wildman–Crippen MR) is 130 cm³/mol. The fourth-order valence-corrected chi connectivity index (χ4v) is 3.77. The van der Waals surface area contributed by atoms with Crippen LogP contribution in [0.2, 0.25) is 0 Å². The summed E-state index contributed by atoms with van der Waals surface area (Å²) in [6, 6.07) is 3.30. The van der Waals surface area contributed by atoms with Crippen LogP contribution < -0.4 is 20.5 Å². The van der Waals surface area contributed by atoms with Gasteiger partial charge in [0, 0.05) is 20.0 Å². The maximum atomic E-state index is 15.2. The predicted octanol–water partition coefficient (Wildman–Crippen LogP) is 1.94. The molecular formula is C23H24F2N4O12. The largest absolute Gasteiger partial charge is 0.493 e. The van der Waals surface area contributed by atoms with E-state index in [0.29, 0.717) is 4.57 Å². The van der Waals surface area contributed by atoms with Crippen molar-refractivity contribution in [3.05, 3.63) is 50.6 Å². The Morgan fingerprint density at radius 1 is 1.15 bits per heavy atom. The number of hydrogen-bond donors (Lipinski definition) is 1. The van der Waals surface area contributed by atoms with E-state index >= 15 is 8.78 Å². The van der Waals surface area contributed by atoms with Crippen molar-refractivity contribution in [2.75, 3.05) is 26.1 Å². The van der Waals surface area contributed by atoms with Crippen LogP contribution in [0.15, 0.2) is 29.2 Å². The van der Waals surface area contributed by atoms with Crippen LogP contribution in [0.3, 0.4) is 0 Å². The van der Waals surface area contributed by atoms with Crippen LogP contribution in [-0.2, 0) is 35.1 Å². The molecule has 1 aromatic carbocycles. The number of hydrogen-bond acceptors (Lipinski definition) is 13. The number of anilines is 1. The number of nitro benzene ring substituents is 1. The first-order valence-electron chi connectivity index (χ1n) is 11.5. The second-order valence-corrected chi connectivity index (χ2v) is 8.33. The van der Waals surface area contributed by atoms with Crippen molar-refractivity contribution in [2.45, 2.75) is 44.8 Å². The Hall–Kier alpha value is -4.87. The molecule has 3 atom stereocenters. The molecule has 2 heterocycles. The number of nitrogens with one attached hydrogen (secondary N) is 1. The number of carbonyl (C=O) groups excluding carboxylic acids is 3. The van der Waals surface area contributed by atoms with E-state index in [9.17, 15) is 29.3 Å². The van der Waals surface area contributed by atoms with Crippen LogP contribution in [0.25, 0.3) is 0 Å². The quantitative estimate of drug-likeness (QED) is 0.184. The summed E-state index contributed by atoms with van der Waals surface area (Å²) in [5, 5.41) is 13.5. The molecule has 1 saturated heterocycles. The molecule has 18 heteroatoms. The number of halogens is 2. The number of amides is 1. The van der Waals surface area contributed by atoms with Crippen LogP contribution in [-0.4, -0.2) is 71.5 Å². The lowest BCUT2D eigenvalue weighted by Crippen LogP contribution is -2.44. The Morgan fingerprint density at radius 3 is 2.37 bits per heavy atom. The van der Waals surface area contributed by atoms with Crippen LogP contribution >= 0.6 is 0 Å². The number of aromatic nitrogens is 2. The minimum absolute atomic E-state index is 0.0440. The van der Waals surface area contributed by atoms with Gasteiger partial charge in [-0.2, -0.15) is 13.8 Å². The summed E-state index contributed by atoms with van der Waals surface area (Å²) in [7, 11) is 2.59. The molecule has 0 bridgehead atoms. The van der Waals surface area contributed by atoms with Gasteiger partial charge in [-0.3, -0.25) is 29.6 Å². The zero-order valence-electron chi connectivity index (χ0n) is 22.0. The van der Waals surface area contributed by atoms with Crippen molar-refractivity contribution in [2.24, 2.45) is 0 Å². The topological polar surface area (TPSA) is 197 Å². The molecule has 1 fully saturated rings. The fourth-order valence-electron chi connectivity index (χ4n) is 3.77. The van der Waals surface area contributed by atoms with Crippen molar-refractivity contribution >= 4 is 29.5 Å². The molecule has 41 heavy (non-hydrogen) atoms. The van der Waals surface area contributed by atoms with Crippen molar-refractivity contribution in [3.8, 4) is 11.5 Å². The lowest BCUT2D eigenvalue weighted by Gasteiger charge is -2.23. The number of nitro groups is 1. The van der Waals surface area contributed by atoms with Gasteiger partial charge in [-0.05, 0) is 12.1 Å². The average Bonchev–Trinajstić information content (AvgIpc) is 3.14. The van der Waals surface area contributed by atoms with E-state index in [1.54, 1.807) is 0 Å². The molecule has 1 aliphatic heterocycles. The highest BCUT2D eigenvalue weighted by Crippen LogP contribution is 2.44. The normalized spacial score (nSPS) is 19.1. The first-order valence-corrected chi connectivity index (χ1v) is 11.5. The van der Waals surface area contributed by atoms with E-state index in [1.165, 1.54) is 20.3 Å². The van der Waals surface area contributed by atoms with E-state index in [1.807, 2.05) is 0 Å². The third kappa shape index (κ3) is 7.02. The first-order chi connectivity index (χ1) is 19.3. The summed E-state index contributed by atoms with van der Waals surface area (Å²) in [5.74, 6) is -6.01. The smallest absolute Gasteiger partial charge is 0.413 e. The molecular weight excluding hydrogens is 562 g/mol. The van der Waals surface area contributed by atoms with Gasteiger partial charge in [0.2, 0.25) is 6.23 Å². The maximum Gasteiger partial charge on any atom is 0.413 e. The highest BCUT2D eigenvalue weighted by molar-refractivity contribution is 5.83. The SMILES string of the molecule is COc1cc(COC(=O)Nc2ccn(C3OC(COC(C)=O)C(OC(C)=O)C3(F)F)c(=O)n2)c([N+](=O)[O-])cc1OC. The van der Waals surface area contributed by atoms with Crippen molar-refractivity contribution in [1.82, 2.24) is 9.55 Å². The molecule has 0 spiro atoms. The monoisotopic (exact) mass is 586 g/mol. The highest BCUT2D eigenvalue weighted by Gasteiger charge is 2.62. The second kappa shape index (κ2) is 12.5. The van der Waals surface area contributed by atoms with Gasteiger partial charge in [0.1, 0.15) is 25.1 Å². The lowest BCUT2D eigenvalue weighted by atomic mass is 10.1. The van der Waals surface area contributed by atoms with Gasteiger partial charge in [0.25, 0.3) is 5.69 Å². The molecule has 3 rings (SSSR count). The lowest BCUT2D eigenvalue weighted by molar-refractivity contribution is -0.385. The average molecular weight is 586 g/mol. The maximum absolute atomic E-state index is 15.2. The summed E-state index contributed by atoms with van der Waals surface area (Å²) in [6.45, 7) is 0.642. The summed E-state index contributed by atoms with van der Waals surface area (Å²) >= 11 is 0. The third-order valence-electron chi connectivity index (χ3n) is 5.55. The van der Waals surface area contributed by atoms with Gasteiger partial charge in [-0.15, -0.1) is 0 Å². The fraction of sp³-hybridized carbons (Fsp3) is 0.435. The molecule has 1 aliphatic rings. The number of rotatable bonds is 10. The molecule has 0 radical (unpaired) electrons. The standard InChI is InChI=1S/C23H24F2N4O12/c1-11(30)38-10-17-19(40-12(2)31)23(24,25)20(41-17)28-6-5-18(26-21(28)32)27-22(33)39-9-13-7-15(36-3)16(37-4)8-14(13)29(34)35/h5-8,17,19-20H,9-10H2,1-4H3,(H,26,27,32,33). The van der Waals surface area contributed by atoms with Crippen LogP contribution in [0.1, 0.15) is 25.6 Å². The Kier molecular flexibility index (Phi) is 9.38. The second-order valence-electron chi connectivity index (χ2n) is 8.33. The number of ether oxygens (including phenoxy) is 6. The van der Waals surface area contributed by atoms with Gasteiger partial charge in [0.15, 0.2) is 17.6 Å². The van der Waals surface area contributed by atoms with E-state index in [-0.39, 0.29) is 17.1 Å². The molecule has 1 amide bonds.